The van der Waals surface area contributed by atoms with Crippen molar-refractivity contribution in [2.45, 2.75) is 13.0 Å². The summed E-state index contributed by atoms with van der Waals surface area (Å²) in [5.74, 6) is 0.0774. The van der Waals surface area contributed by atoms with Crippen LogP contribution in [0.4, 0.5) is 0 Å². The van der Waals surface area contributed by atoms with Crippen molar-refractivity contribution >= 4 is 5.91 Å². The van der Waals surface area contributed by atoms with Crippen LogP contribution >= 0.6 is 0 Å². The van der Waals surface area contributed by atoms with Gasteiger partial charge in [-0.25, -0.2) is 0 Å². The molecule has 1 unspecified atom stereocenters. The summed E-state index contributed by atoms with van der Waals surface area (Å²) in [6.45, 7) is 4.74. The molecule has 0 radical (unpaired) electrons. The Morgan fingerprint density at radius 3 is 3.14 bits per heavy atom. The molecule has 1 rings (SSSR count). The molecule has 0 bridgehead atoms. The van der Waals surface area contributed by atoms with Gasteiger partial charge in [-0.15, -0.1) is 0 Å². The van der Waals surface area contributed by atoms with Crippen LogP contribution in [-0.4, -0.2) is 61.4 Å². The van der Waals surface area contributed by atoms with Crippen LogP contribution in [0.15, 0.2) is 0 Å². The standard InChI is InChI=1S/C9H18N2O3/c1-2-10-5-9(13)11-3-4-14-8(6-11)7-12/h8,10,12H,2-7H2,1H3. The lowest BCUT2D eigenvalue weighted by Crippen LogP contribution is -2.49. The largest absolute Gasteiger partial charge is 0.394 e. The second-order valence-electron chi connectivity index (χ2n) is 3.30. The molecule has 0 aliphatic carbocycles. The first-order valence-electron chi connectivity index (χ1n) is 4.99. The molecule has 0 aromatic carbocycles. The van der Waals surface area contributed by atoms with Crippen LogP contribution in [0.3, 0.4) is 0 Å². The van der Waals surface area contributed by atoms with Crippen molar-refractivity contribution in [3.8, 4) is 0 Å². The number of amides is 1. The van der Waals surface area contributed by atoms with Gasteiger partial charge in [0, 0.05) is 13.1 Å². The Balaban J connectivity index is 2.31. The fourth-order valence-electron chi connectivity index (χ4n) is 1.40. The Hall–Kier alpha value is -0.650. The van der Waals surface area contributed by atoms with E-state index in [9.17, 15) is 4.79 Å². The number of carbonyl (C=O) groups excluding carboxylic acids is 1. The molecule has 0 spiro atoms. The van der Waals surface area contributed by atoms with Gasteiger partial charge < -0.3 is 20.1 Å². The summed E-state index contributed by atoms with van der Waals surface area (Å²) < 4.78 is 5.25. The first-order chi connectivity index (χ1) is 6.77. The number of hydrogen-bond donors (Lipinski definition) is 2. The maximum atomic E-state index is 11.5. The van der Waals surface area contributed by atoms with E-state index in [-0.39, 0.29) is 18.6 Å². The summed E-state index contributed by atoms with van der Waals surface area (Å²) in [7, 11) is 0. The molecular weight excluding hydrogens is 184 g/mol. The van der Waals surface area contributed by atoms with Gasteiger partial charge in [0.25, 0.3) is 0 Å². The Morgan fingerprint density at radius 2 is 2.50 bits per heavy atom. The van der Waals surface area contributed by atoms with Gasteiger partial charge in [-0.05, 0) is 6.54 Å². The van der Waals surface area contributed by atoms with Gasteiger partial charge in [0.05, 0.1) is 25.9 Å². The topological polar surface area (TPSA) is 61.8 Å². The van der Waals surface area contributed by atoms with Crippen molar-refractivity contribution in [2.24, 2.45) is 0 Å². The zero-order chi connectivity index (χ0) is 10.4. The molecule has 1 amide bonds. The van der Waals surface area contributed by atoms with Crippen LogP contribution in [0.5, 0.6) is 0 Å². The molecule has 1 fully saturated rings. The summed E-state index contributed by atoms with van der Waals surface area (Å²) in [4.78, 5) is 13.3. The smallest absolute Gasteiger partial charge is 0.236 e. The van der Waals surface area contributed by atoms with Crippen molar-refractivity contribution in [3.05, 3.63) is 0 Å². The predicted octanol–water partition coefficient (Wildman–Crippen LogP) is -1.18. The molecule has 5 nitrogen and oxygen atoms in total. The third-order valence-corrected chi connectivity index (χ3v) is 2.22. The lowest BCUT2D eigenvalue weighted by atomic mass is 10.3. The van der Waals surface area contributed by atoms with E-state index in [0.717, 1.165) is 6.54 Å². The number of nitrogens with one attached hydrogen (secondary N) is 1. The summed E-state index contributed by atoms with van der Waals surface area (Å²) in [5.41, 5.74) is 0. The second kappa shape index (κ2) is 5.95. The molecule has 1 aliphatic heterocycles. The summed E-state index contributed by atoms with van der Waals surface area (Å²) in [6, 6.07) is 0. The van der Waals surface area contributed by atoms with Gasteiger partial charge in [-0.1, -0.05) is 6.92 Å². The quantitative estimate of drug-likeness (QED) is 0.602. The monoisotopic (exact) mass is 202 g/mol. The number of nitrogens with zero attached hydrogens (tertiary/aromatic N) is 1. The van der Waals surface area contributed by atoms with E-state index in [1.165, 1.54) is 0 Å². The minimum Gasteiger partial charge on any atom is -0.394 e. The highest BCUT2D eigenvalue weighted by atomic mass is 16.5. The summed E-state index contributed by atoms with van der Waals surface area (Å²) in [5, 5.41) is 11.9. The van der Waals surface area contributed by atoms with Crippen molar-refractivity contribution in [1.29, 1.82) is 0 Å². The molecule has 5 heteroatoms. The first kappa shape index (κ1) is 11.4. The van der Waals surface area contributed by atoms with Crippen LogP contribution in [0.25, 0.3) is 0 Å². The number of hydrogen-bond acceptors (Lipinski definition) is 4. The average molecular weight is 202 g/mol. The number of aliphatic hydroxyl groups excluding tert-OH is 1. The lowest BCUT2D eigenvalue weighted by molar-refractivity contribution is -0.139. The van der Waals surface area contributed by atoms with Crippen LogP contribution in [0.2, 0.25) is 0 Å². The predicted molar refractivity (Wildman–Crippen MR) is 51.9 cm³/mol. The van der Waals surface area contributed by atoms with Gasteiger partial charge in [0.15, 0.2) is 0 Å². The average Bonchev–Trinajstić information content (AvgIpc) is 2.26. The highest BCUT2D eigenvalue weighted by Crippen LogP contribution is 2.04. The molecular formula is C9H18N2O3. The summed E-state index contributed by atoms with van der Waals surface area (Å²) in [6.07, 6.45) is -0.214. The van der Waals surface area contributed by atoms with Gasteiger partial charge in [0.2, 0.25) is 5.91 Å². The van der Waals surface area contributed by atoms with E-state index in [0.29, 0.717) is 26.2 Å². The van der Waals surface area contributed by atoms with E-state index in [1.54, 1.807) is 4.90 Å². The fraction of sp³-hybridized carbons (Fsp3) is 0.889. The Kier molecular flexibility index (Phi) is 4.86. The minimum absolute atomic E-state index is 0.0228. The SMILES string of the molecule is CCNCC(=O)N1CCOC(CO)C1. The van der Waals surface area contributed by atoms with Crippen molar-refractivity contribution < 1.29 is 14.6 Å². The van der Waals surface area contributed by atoms with Crippen LogP contribution < -0.4 is 5.32 Å². The highest BCUT2D eigenvalue weighted by Gasteiger charge is 2.22. The van der Waals surface area contributed by atoms with Crippen LogP contribution in [0.1, 0.15) is 6.92 Å². The van der Waals surface area contributed by atoms with E-state index in [2.05, 4.69) is 5.32 Å². The van der Waals surface area contributed by atoms with Crippen molar-refractivity contribution in [2.75, 3.05) is 39.4 Å². The van der Waals surface area contributed by atoms with Gasteiger partial charge in [-0.2, -0.15) is 0 Å². The van der Waals surface area contributed by atoms with E-state index < -0.39 is 0 Å². The number of carbonyl (C=O) groups is 1. The number of morpholine rings is 1. The Labute approximate surface area is 84.0 Å². The number of likely N-dealkylation sites (N-methyl/N-ethyl adjacent to an activating group) is 1. The van der Waals surface area contributed by atoms with Gasteiger partial charge >= 0.3 is 0 Å². The molecule has 2 N–H and O–H groups in total. The molecule has 1 atom stereocenters. The molecule has 0 aromatic heterocycles. The molecule has 0 saturated carbocycles. The van der Waals surface area contributed by atoms with E-state index >= 15 is 0 Å². The number of aliphatic hydroxyl groups is 1. The maximum Gasteiger partial charge on any atom is 0.236 e. The van der Waals surface area contributed by atoms with Crippen LogP contribution in [-0.2, 0) is 9.53 Å². The Bertz CT molecular complexity index is 187. The third kappa shape index (κ3) is 3.25. The third-order valence-electron chi connectivity index (χ3n) is 2.22. The highest BCUT2D eigenvalue weighted by molar-refractivity contribution is 5.78. The summed E-state index contributed by atoms with van der Waals surface area (Å²) >= 11 is 0. The van der Waals surface area contributed by atoms with Crippen LogP contribution in [0, 0.1) is 0 Å². The fourth-order valence-corrected chi connectivity index (χ4v) is 1.40. The van der Waals surface area contributed by atoms with Gasteiger partial charge in [-0.3, -0.25) is 4.79 Å². The zero-order valence-corrected chi connectivity index (χ0v) is 8.53. The molecule has 0 aromatic rings. The number of ether oxygens (including phenoxy) is 1. The molecule has 1 aliphatic rings. The van der Waals surface area contributed by atoms with E-state index in [4.69, 9.17) is 9.84 Å². The van der Waals surface area contributed by atoms with Crippen molar-refractivity contribution in [3.63, 3.8) is 0 Å². The van der Waals surface area contributed by atoms with Gasteiger partial charge in [0.1, 0.15) is 0 Å². The normalized spacial score (nSPS) is 22.4. The lowest BCUT2D eigenvalue weighted by Gasteiger charge is -2.32. The first-order valence-corrected chi connectivity index (χ1v) is 4.99. The number of rotatable bonds is 4. The second-order valence-corrected chi connectivity index (χ2v) is 3.30. The maximum absolute atomic E-state index is 11.5. The van der Waals surface area contributed by atoms with Crippen molar-refractivity contribution in [1.82, 2.24) is 10.2 Å². The van der Waals surface area contributed by atoms with E-state index in [1.807, 2.05) is 6.92 Å². The Morgan fingerprint density at radius 1 is 1.71 bits per heavy atom. The molecule has 1 heterocycles. The zero-order valence-electron chi connectivity index (χ0n) is 8.53. The molecule has 1 saturated heterocycles. The molecule has 14 heavy (non-hydrogen) atoms. The molecule has 82 valence electrons. The minimum atomic E-state index is -0.214.